The van der Waals surface area contributed by atoms with E-state index in [1.165, 1.54) is 16.7 Å². The summed E-state index contributed by atoms with van der Waals surface area (Å²) in [6.07, 6.45) is 0.660. The maximum absolute atomic E-state index is 12.8. The van der Waals surface area contributed by atoms with Crippen LogP contribution in [0.25, 0.3) is 0 Å². The molecule has 0 aromatic heterocycles. The molecule has 1 saturated heterocycles. The van der Waals surface area contributed by atoms with Crippen LogP contribution in [0, 0.1) is 5.92 Å². The topological polar surface area (TPSA) is 37.4 Å². The molecule has 2 fully saturated rings. The Morgan fingerprint density at radius 2 is 1.57 bits per heavy atom. The van der Waals surface area contributed by atoms with Crippen molar-refractivity contribution in [3.63, 3.8) is 0 Å². The van der Waals surface area contributed by atoms with E-state index in [0.29, 0.717) is 12.1 Å². The minimum atomic E-state index is -0.575. The fourth-order valence-electron chi connectivity index (χ4n) is 2.89. The van der Waals surface area contributed by atoms with E-state index in [9.17, 15) is 9.59 Å². The molecule has 4 heteroatoms. The molecule has 0 bridgehead atoms. The Morgan fingerprint density at radius 3 is 2.24 bits per heavy atom. The second-order valence-electron chi connectivity index (χ2n) is 5.38. The average molecular weight is 295 g/mol. The lowest BCUT2D eigenvalue weighted by Gasteiger charge is -2.19. The summed E-state index contributed by atoms with van der Waals surface area (Å²) in [5.41, 5.74) is 0.674. The standard InChI is InChI=1S/C17H13NO2S/c19-15-14-11-17(14,21-13-9-5-2-6-10-13)16(20)18(15)12-7-3-1-4-8-12/h1-10,14H,11H2. The van der Waals surface area contributed by atoms with E-state index in [4.69, 9.17) is 0 Å². The molecule has 1 saturated carbocycles. The van der Waals surface area contributed by atoms with Crippen LogP contribution in [0.3, 0.4) is 0 Å². The predicted molar refractivity (Wildman–Crippen MR) is 82.1 cm³/mol. The van der Waals surface area contributed by atoms with E-state index in [1.807, 2.05) is 48.5 Å². The first-order chi connectivity index (χ1) is 10.2. The molecule has 0 N–H and O–H groups in total. The van der Waals surface area contributed by atoms with Gasteiger partial charge in [-0.2, -0.15) is 0 Å². The van der Waals surface area contributed by atoms with Crippen molar-refractivity contribution in [1.82, 2.24) is 0 Å². The van der Waals surface area contributed by atoms with Gasteiger partial charge in [0.2, 0.25) is 5.91 Å². The Kier molecular flexibility index (Phi) is 2.69. The zero-order valence-corrected chi connectivity index (χ0v) is 12.0. The molecule has 0 radical (unpaired) electrons. The van der Waals surface area contributed by atoms with Crippen LogP contribution in [0.4, 0.5) is 5.69 Å². The average Bonchev–Trinajstić information content (AvgIpc) is 3.20. The maximum atomic E-state index is 12.8. The molecule has 4 rings (SSSR count). The number of piperidine rings is 1. The summed E-state index contributed by atoms with van der Waals surface area (Å²) in [6, 6.07) is 19.0. The summed E-state index contributed by atoms with van der Waals surface area (Å²) < 4.78 is -0.575. The van der Waals surface area contributed by atoms with Gasteiger partial charge in [0.05, 0.1) is 11.6 Å². The van der Waals surface area contributed by atoms with E-state index in [1.54, 1.807) is 12.1 Å². The molecule has 2 unspecified atom stereocenters. The van der Waals surface area contributed by atoms with Crippen LogP contribution in [-0.4, -0.2) is 16.6 Å². The Balaban J connectivity index is 1.66. The second kappa shape index (κ2) is 4.46. The lowest BCUT2D eigenvalue weighted by Crippen LogP contribution is -2.36. The first kappa shape index (κ1) is 12.7. The van der Waals surface area contributed by atoms with E-state index in [0.717, 1.165) is 4.90 Å². The molecular weight excluding hydrogens is 282 g/mol. The third-order valence-electron chi connectivity index (χ3n) is 4.05. The molecular formula is C17H13NO2S. The zero-order chi connectivity index (χ0) is 14.4. The van der Waals surface area contributed by atoms with Gasteiger partial charge in [-0.25, -0.2) is 4.90 Å². The summed E-state index contributed by atoms with van der Waals surface area (Å²) in [7, 11) is 0. The molecule has 104 valence electrons. The highest BCUT2D eigenvalue weighted by atomic mass is 32.2. The fourth-order valence-corrected chi connectivity index (χ4v) is 4.27. The van der Waals surface area contributed by atoms with Crippen LogP contribution in [0.15, 0.2) is 65.6 Å². The van der Waals surface area contributed by atoms with Crippen molar-refractivity contribution < 1.29 is 9.59 Å². The van der Waals surface area contributed by atoms with Gasteiger partial charge in [0.15, 0.2) is 0 Å². The van der Waals surface area contributed by atoms with Gasteiger partial charge in [-0.15, -0.1) is 11.8 Å². The van der Waals surface area contributed by atoms with Crippen molar-refractivity contribution in [1.29, 1.82) is 0 Å². The zero-order valence-electron chi connectivity index (χ0n) is 11.2. The number of rotatable bonds is 3. The molecule has 3 nitrogen and oxygen atoms in total. The van der Waals surface area contributed by atoms with Gasteiger partial charge in [-0.1, -0.05) is 36.4 Å². The summed E-state index contributed by atoms with van der Waals surface area (Å²) in [5, 5.41) is 0. The Labute approximate surface area is 127 Å². The van der Waals surface area contributed by atoms with E-state index >= 15 is 0 Å². The molecule has 0 spiro atoms. The van der Waals surface area contributed by atoms with Crippen molar-refractivity contribution in [2.75, 3.05) is 4.90 Å². The monoisotopic (exact) mass is 295 g/mol. The van der Waals surface area contributed by atoms with E-state index in [2.05, 4.69) is 0 Å². The van der Waals surface area contributed by atoms with Crippen molar-refractivity contribution >= 4 is 29.3 Å². The highest BCUT2D eigenvalue weighted by Gasteiger charge is 2.72. The van der Waals surface area contributed by atoms with Crippen molar-refractivity contribution in [3.05, 3.63) is 60.7 Å². The van der Waals surface area contributed by atoms with Gasteiger partial charge in [-0.3, -0.25) is 9.59 Å². The van der Waals surface area contributed by atoms with Crippen molar-refractivity contribution in [2.24, 2.45) is 5.92 Å². The SMILES string of the molecule is O=C1C2CC2(Sc2ccccc2)C(=O)N1c1ccccc1. The van der Waals surface area contributed by atoms with Crippen LogP contribution in [0.1, 0.15) is 6.42 Å². The third-order valence-corrected chi connectivity index (χ3v) is 5.55. The Bertz CT molecular complexity index is 716. The van der Waals surface area contributed by atoms with Gasteiger partial charge in [-0.05, 0) is 30.7 Å². The first-order valence-corrected chi connectivity index (χ1v) is 7.71. The highest BCUT2D eigenvalue weighted by molar-refractivity contribution is 8.02. The summed E-state index contributed by atoms with van der Waals surface area (Å²) in [6.45, 7) is 0. The summed E-state index contributed by atoms with van der Waals surface area (Å²) in [4.78, 5) is 27.6. The summed E-state index contributed by atoms with van der Waals surface area (Å²) in [5.74, 6) is -0.303. The number of para-hydroxylation sites is 1. The minimum Gasteiger partial charge on any atom is -0.274 e. The lowest BCUT2D eigenvalue weighted by molar-refractivity contribution is -0.123. The molecule has 2 aliphatic rings. The molecule has 2 aromatic carbocycles. The number of amides is 2. The number of imide groups is 1. The van der Waals surface area contributed by atoms with Crippen molar-refractivity contribution in [2.45, 2.75) is 16.1 Å². The molecule has 2 atom stereocenters. The van der Waals surface area contributed by atoms with Gasteiger partial charge in [0.25, 0.3) is 5.91 Å². The van der Waals surface area contributed by atoms with Gasteiger partial charge in [0.1, 0.15) is 4.75 Å². The van der Waals surface area contributed by atoms with Crippen LogP contribution in [-0.2, 0) is 9.59 Å². The quantitative estimate of drug-likeness (QED) is 0.817. The normalized spacial score (nSPS) is 26.9. The Hall–Kier alpha value is -2.07. The lowest BCUT2D eigenvalue weighted by atomic mass is 10.3. The number of benzene rings is 2. The van der Waals surface area contributed by atoms with E-state index < -0.39 is 4.75 Å². The first-order valence-electron chi connectivity index (χ1n) is 6.90. The molecule has 21 heavy (non-hydrogen) atoms. The van der Waals surface area contributed by atoms with Crippen LogP contribution < -0.4 is 4.90 Å². The highest BCUT2D eigenvalue weighted by Crippen LogP contribution is 2.62. The van der Waals surface area contributed by atoms with Gasteiger partial charge in [0, 0.05) is 4.90 Å². The number of hydrogen-bond acceptors (Lipinski definition) is 3. The fraction of sp³-hybridized carbons (Fsp3) is 0.176. The largest absolute Gasteiger partial charge is 0.274 e. The Morgan fingerprint density at radius 1 is 0.952 bits per heavy atom. The van der Waals surface area contributed by atoms with Crippen LogP contribution >= 0.6 is 11.8 Å². The van der Waals surface area contributed by atoms with Gasteiger partial charge >= 0.3 is 0 Å². The van der Waals surface area contributed by atoms with Crippen LogP contribution in [0.5, 0.6) is 0 Å². The number of thioether (sulfide) groups is 1. The molecule has 2 amide bonds. The third kappa shape index (κ3) is 1.83. The summed E-state index contributed by atoms with van der Waals surface area (Å²) >= 11 is 1.53. The van der Waals surface area contributed by atoms with Crippen LogP contribution in [0.2, 0.25) is 0 Å². The van der Waals surface area contributed by atoms with Crippen molar-refractivity contribution in [3.8, 4) is 0 Å². The van der Waals surface area contributed by atoms with Gasteiger partial charge < -0.3 is 0 Å². The number of nitrogens with zero attached hydrogens (tertiary/aromatic N) is 1. The number of anilines is 1. The van der Waals surface area contributed by atoms with E-state index in [-0.39, 0.29) is 17.7 Å². The molecule has 1 aliphatic heterocycles. The predicted octanol–water partition coefficient (Wildman–Crippen LogP) is 3.11. The number of fused-ring (bicyclic) bond motifs is 1. The molecule has 2 aromatic rings. The number of hydrogen-bond donors (Lipinski definition) is 0. The minimum absolute atomic E-state index is 0.0605. The maximum Gasteiger partial charge on any atom is 0.251 e. The number of carbonyl (C=O) groups is 2. The smallest absolute Gasteiger partial charge is 0.251 e. The molecule has 1 aliphatic carbocycles. The second-order valence-corrected chi connectivity index (χ2v) is 6.78. The number of carbonyl (C=O) groups excluding carboxylic acids is 2. The molecule has 1 heterocycles.